The molecule has 2 atom stereocenters. The molecule has 0 unspecified atom stereocenters. The van der Waals surface area contributed by atoms with E-state index in [1.54, 1.807) is 6.07 Å². The Balaban J connectivity index is 1.02. The number of halogens is 4. The minimum Gasteiger partial charge on any atom is -0.438 e. The van der Waals surface area contributed by atoms with E-state index in [1.807, 2.05) is 30.0 Å². The monoisotopic (exact) mass is 822 g/mol. The second-order valence-corrected chi connectivity index (χ2v) is 16.9. The van der Waals surface area contributed by atoms with Crippen LogP contribution in [0.15, 0.2) is 60.8 Å². The topological polar surface area (TPSA) is 117 Å². The van der Waals surface area contributed by atoms with Gasteiger partial charge < -0.3 is 20.7 Å². The van der Waals surface area contributed by atoms with E-state index in [9.17, 15) is 27.2 Å². The number of carbonyl (C=O) groups excluding carboxylic acids is 2. The van der Waals surface area contributed by atoms with Gasteiger partial charge in [-0.1, -0.05) is 30.3 Å². The van der Waals surface area contributed by atoms with Gasteiger partial charge in [0.2, 0.25) is 5.88 Å². The third-order valence-electron chi connectivity index (χ3n) is 10.9. The number of carbonyl (C=O) groups is 2. The Morgan fingerprint density at radius 1 is 0.897 bits per heavy atom. The van der Waals surface area contributed by atoms with Crippen molar-refractivity contribution in [2.45, 2.75) is 83.0 Å². The van der Waals surface area contributed by atoms with Crippen LogP contribution in [0.2, 0.25) is 0 Å². The number of aryl methyl sites for hydroxylation is 1. The SMILES string of the molecule is C[C@@H]1CN(Cc2ccc(-c3cccc(Oc4ncc(F)cc4C(=O)N[C@H]4CC[C@H](NC(=O)c5cc(C(F)(F)F)n(C)n5)CC4)c3)c(CN3CCSCC3)c2)C[C@H](C)N1. The predicted molar refractivity (Wildman–Crippen MR) is 215 cm³/mol. The molecule has 2 aromatic heterocycles. The summed E-state index contributed by atoms with van der Waals surface area (Å²) in [5.41, 5.74) is 3.17. The first-order valence-electron chi connectivity index (χ1n) is 19.8. The summed E-state index contributed by atoms with van der Waals surface area (Å²) in [6.45, 7) is 10.2. The molecule has 3 aliphatic rings. The average Bonchev–Trinajstić information content (AvgIpc) is 3.59. The lowest BCUT2D eigenvalue weighted by molar-refractivity contribution is -0.143. The largest absolute Gasteiger partial charge is 0.438 e. The van der Waals surface area contributed by atoms with Gasteiger partial charge in [-0.25, -0.2) is 9.37 Å². The molecule has 0 bridgehead atoms. The van der Waals surface area contributed by atoms with Crippen molar-refractivity contribution in [3.05, 3.63) is 94.7 Å². The Bertz CT molecular complexity index is 2070. The van der Waals surface area contributed by atoms with Gasteiger partial charge in [0.1, 0.15) is 22.8 Å². The van der Waals surface area contributed by atoms with Crippen LogP contribution in [0.25, 0.3) is 11.1 Å². The first kappa shape index (κ1) is 41.6. The highest BCUT2D eigenvalue weighted by molar-refractivity contribution is 7.99. The Kier molecular flexibility index (Phi) is 13.1. The van der Waals surface area contributed by atoms with E-state index in [4.69, 9.17) is 4.74 Å². The molecule has 2 amide bonds. The normalized spacial score (nSPS) is 22.1. The number of amides is 2. The van der Waals surface area contributed by atoms with Gasteiger partial charge in [0, 0.05) is 88.1 Å². The highest BCUT2D eigenvalue weighted by Crippen LogP contribution is 2.33. The van der Waals surface area contributed by atoms with E-state index >= 15 is 0 Å². The Morgan fingerprint density at radius 3 is 2.26 bits per heavy atom. The number of benzene rings is 2. The molecule has 3 N–H and O–H groups in total. The summed E-state index contributed by atoms with van der Waals surface area (Å²) in [5.74, 6) is 0.700. The molecule has 310 valence electrons. The van der Waals surface area contributed by atoms with E-state index in [2.05, 4.69) is 67.9 Å². The molecule has 3 fully saturated rings. The van der Waals surface area contributed by atoms with Crippen molar-refractivity contribution in [2.24, 2.45) is 7.05 Å². The van der Waals surface area contributed by atoms with Crippen LogP contribution >= 0.6 is 11.8 Å². The summed E-state index contributed by atoms with van der Waals surface area (Å²) in [6, 6.07) is 16.5. The van der Waals surface area contributed by atoms with Crippen LogP contribution in [-0.2, 0) is 26.3 Å². The molecule has 16 heteroatoms. The molecule has 0 spiro atoms. The van der Waals surface area contributed by atoms with Crippen LogP contribution < -0.4 is 20.7 Å². The molecule has 2 saturated heterocycles. The van der Waals surface area contributed by atoms with Crippen molar-refractivity contribution < 1.29 is 31.9 Å². The molecule has 0 radical (unpaired) electrons. The van der Waals surface area contributed by atoms with Gasteiger partial charge >= 0.3 is 6.18 Å². The predicted octanol–water partition coefficient (Wildman–Crippen LogP) is 6.63. The quantitative estimate of drug-likeness (QED) is 0.143. The van der Waals surface area contributed by atoms with E-state index in [1.165, 1.54) is 11.1 Å². The third-order valence-corrected chi connectivity index (χ3v) is 11.9. The molecule has 11 nitrogen and oxygen atoms in total. The Morgan fingerprint density at radius 2 is 1.59 bits per heavy atom. The summed E-state index contributed by atoms with van der Waals surface area (Å²) >= 11 is 1.98. The summed E-state index contributed by atoms with van der Waals surface area (Å²) in [5, 5.41) is 13.0. The second-order valence-electron chi connectivity index (χ2n) is 15.7. The van der Waals surface area contributed by atoms with E-state index in [0.717, 1.165) is 87.3 Å². The van der Waals surface area contributed by atoms with Crippen molar-refractivity contribution in [1.29, 1.82) is 0 Å². The highest BCUT2D eigenvalue weighted by Gasteiger charge is 2.36. The van der Waals surface area contributed by atoms with Crippen molar-refractivity contribution in [3.63, 3.8) is 0 Å². The number of aromatic nitrogens is 3. The molecule has 58 heavy (non-hydrogen) atoms. The van der Waals surface area contributed by atoms with Gasteiger partial charge in [-0.15, -0.1) is 0 Å². The van der Waals surface area contributed by atoms with Crippen molar-refractivity contribution in [1.82, 2.24) is 40.5 Å². The fourth-order valence-corrected chi connectivity index (χ4v) is 9.22. The standard InChI is InChI=1S/C42H50F4N8O3S/c1-26-22-54(23-27(2)48-26)24-28-7-12-35(30(17-28)25-53-13-15-58-16-14-53)29-5-4-6-34(18-29)57-41-36(19-31(43)21-47-41)39(55)49-32-8-10-33(11-9-32)50-40(56)37-20-38(42(44,45)46)52(3)51-37/h4-7,12,17-21,26-27,32-33,48H,8-11,13-16,22-25H2,1-3H3,(H,49,55)(H,50,56)/t26-,27+,32-,33-. The van der Waals surface area contributed by atoms with Crippen LogP contribution in [0.4, 0.5) is 17.6 Å². The Hall–Kier alpha value is -4.51. The average molecular weight is 823 g/mol. The zero-order valence-electron chi connectivity index (χ0n) is 32.9. The maximum Gasteiger partial charge on any atom is 0.433 e. The first-order valence-corrected chi connectivity index (χ1v) is 21.0. The van der Waals surface area contributed by atoms with Crippen LogP contribution in [-0.4, -0.2) is 98.2 Å². The summed E-state index contributed by atoms with van der Waals surface area (Å²) < 4.78 is 61.0. The Labute approximate surface area is 340 Å². The number of nitrogens with one attached hydrogen (secondary N) is 3. The maximum atomic E-state index is 14.6. The molecular weight excluding hydrogens is 773 g/mol. The number of rotatable bonds is 11. The second kappa shape index (κ2) is 18.2. The van der Waals surface area contributed by atoms with E-state index < -0.39 is 29.5 Å². The fourth-order valence-electron chi connectivity index (χ4n) is 8.24. The zero-order valence-corrected chi connectivity index (χ0v) is 33.8. The lowest BCUT2D eigenvalue weighted by Gasteiger charge is -2.36. The van der Waals surface area contributed by atoms with Gasteiger partial charge in [0.25, 0.3) is 11.8 Å². The molecule has 4 aromatic rings. The highest BCUT2D eigenvalue weighted by atomic mass is 32.2. The maximum absolute atomic E-state index is 14.6. The summed E-state index contributed by atoms with van der Waals surface area (Å²) in [4.78, 5) is 35.4. The van der Waals surface area contributed by atoms with Crippen LogP contribution in [0.5, 0.6) is 11.6 Å². The number of piperazine rings is 1. The number of hydrogen-bond acceptors (Lipinski definition) is 9. The van der Waals surface area contributed by atoms with Gasteiger partial charge in [0.05, 0.1) is 6.20 Å². The molecule has 1 aliphatic carbocycles. The van der Waals surface area contributed by atoms with E-state index in [0.29, 0.717) is 48.2 Å². The number of ether oxygens (including phenoxy) is 1. The molecule has 4 heterocycles. The van der Waals surface area contributed by atoms with Crippen LogP contribution in [0.1, 0.15) is 77.2 Å². The number of pyridine rings is 1. The zero-order chi connectivity index (χ0) is 41.0. The molecular formula is C42H50F4N8O3S. The van der Waals surface area contributed by atoms with E-state index in [-0.39, 0.29) is 29.2 Å². The molecule has 2 aromatic carbocycles. The number of nitrogens with zero attached hydrogens (tertiary/aromatic N) is 5. The van der Waals surface area contributed by atoms with Gasteiger partial charge in [-0.3, -0.25) is 24.1 Å². The molecule has 7 rings (SSSR count). The van der Waals surface area contributed by atoms with Crippen LogP contribution in [0, 0.1) is 5.82 Å². The minimum atomic E-state index is -4.63. The van der Waals surface area contributed by atoms with Gasteiger partial charge in [-0.2, -0.15) is 30.0 Å². The first-order chi connectivity index (χ1) is 27.8. The van der Waals surface area contributed by atoms with Crippen molar-refractivity contribution in [3.8, 4) is 22.8 Å². The van der Waals surface area contributed by atoms with Gasteiger partial charge in [-0.05, 0) is 80.0 Å². The molecule has 2 aliphatic heterocycles. The number of alkyl halides is 3. The van der Waals surface area contributed by atoms with Crippen molar-refractivity contribution in [2.75, 3.05) is 37.7 Å². The minimum absolute atomic E-state index is 0.0357. The van der Waals surface area contributed by atoms with Crippen LogP contribution in [0.3, 0.4) is 0 Å². The fraction of sp³-hybridized carbons (Fsp3) is 0.476. The molecule has 1 saturated carbocycles. The number of thioether (sulfide) groups is 1. The van der Waals surface area contributed by atoms with Gasteiger partial charge in [0.15, 0.2) is 5.69 Å². The number of hydrogen-bond donors (Lipinski definition) is 3. The lowest BCUT2D eigenvalue weighted by atomic mass is 9.91. The van der Waals surface area contributed by atoms with Crippen molar-refractivity contribution >= 4 is 23.6 Å². The summed E-state index contributed by atoms with van der Waals surface area (Å²) in [6.07, 6.45) is -1.70. The smallest absolute Gasteiger partial charge is 0.433 e. The third kappa shape index (κ3) is 10.6. The lowest BCUT2D eigenvalue weighted by Crippen LogP contribution is -2.53. The summed E-state index contributed by atoms with van der Waals surface area (Å²) in [7, 11) is 1.14.